The van der Waals surface area contributed by atoms with E-state index in [1.54, 1.807) is 23.9 Å². The summed E-state index contributed by atoms with van der Waals surface area (Å²) in [7, 11) is 1.81. The first-order valence-corrected chi connectivity index (χ1v) is 4.66. The molecule has 0 unspecified atom stereocenters. The fourth-order valence-corrected chi connectivity index (χ4v) is 1.38. The van der Waals surface area contributed by atoms with Crippen molar-refractivity contribution in [3.63, 3.8) is 0 Å². The Hall–Kier alpha value is -2.42. The summed E-state index contributed by atoms with van der Waals surface area (Å²) in [5.41, 5.74) is 7.19. The van der Waals surface area contributed by atoms with Crippen LogP contribution in [0.2, 0.25) is 0 Å². The highest BCUT2D eigenvalue weighted by molar-refractivity contribution is 5.58. The van der Waals surface area contributed by atoms with Crippen LogP contribution in [0, 0.1) is 18.3 Å². The van der Waals surface area contributed by atoms with Gasteiger partial charge in [0.1, 0.15) is 23.1 Å². The van der Waals surface area contributed by atoms with Gasteiger partial charge in [-0.25, -0.2) is 9.97 Å². The lowest BCUT2D eigenvalue weighted by molar-refractivity contribution is 0.768. The van der Waals surface area contributed by atoms with Crippen LogP contribution in [0.3, 0.4) is 0 Å². The van der Waals surface area contributed by atoms with Crippen molar-refractivity contribution < 1.29 is 0 Å². The molecule has 0 radical (unpaired) electrons. The molecule has 6 heteroatoms. The molecule has 0 amide bonds. The number of aryl methyl sites for hydroxylation is 2. The minimum Gasteiger partial charge on any atom is -0.382 e. The number of aromatic nitrogens is 4. The fraction of sp³-hybridized carbons (Fsp3) is 0.200. The SMILES string of the molecule is Cc1nc(-c2ccn(C)n2)nc(N)c1C#N. The summed E-state index contributed by atoms with van der Waals surface area (Å²) >= 11 is 0. The minimum atomic E-state index is 0.190. The highest BCUT2D eigenvalue weighted by atomic mass is 15.3. The molecule has 80 valence electrons. The standard InChI is InChI=1S/C10H10N6/c1-6-7(5-11)9(12)14-10(13-6)8-3-4-16(2)15-8/h3-4H,1-2H3,(H2,12,13,14). The summed E-state index contributed by atoms with van der Waals surface area (Å²) in [4.78, 5) is 8.26. The van der Waals surface area contributed by atoms with Gasteiger partial charge >= 0.3 is 0 Å². The topological polar surface area (TPSA) is 93.4 Å². The summed E-state index contributed by atoms with van der Waals surface area (Å²) in [6.45, 7) is 1.73. The zero-order valence-corrected chi connectivity index (χ0v) is 8.97. The van der Waals surface area contributed by atoms with Crippen LogP contribution in [0.25, 0.3) is 11.5 Å². The number of hydrogen-bond donors (Lipinski definition) is 1. The number of nitrogen functional groups attached to an aromatic ring is 1. The van der Waals surface area contributed by atoms with Crippen LogP contribution in [0.5, 0.6) is 0 Å². The summed E-state index contributed by atoms with van der Waals surface area (Å²) in [6, 6.07) is 3.76. The molecule has 0 aliphatic rings. The van der Waals surface area contributed by atoms with Gasteiger partial charge in [0.2, 0.25) is 0 Å². The molecule has 0 saturated carbocycles. The maximum atomic E-state index is 8.84. The van der Waals surface area contributed by atoms with Crippen LogP contribution in [-0.2, 0) is 7.05 Å². The van der Waals surface area contributed by atoms with E-state index in [4.69, 9.17) is 11.0 Å². The van der Waals surface area contributed by atoms with Gasteiger partial charge in [0.15, 0.2) is 5.82 Å². The molecule has 16 heavy (non-hydrogen) atoms. The Labute approximate surface area is 92.4 Å². The third-order valence-corrected chi connectivity index (χ3v) is 2.17. The Kier molecular flexibility index (Phi) is 2.29. The van der Waals surface area contributed by atoms with Crippen LogP contribution < -0.4 is 5.73 Å². The molecule has 6 nitrogen and oxygen atoms in total. The Morgan fingerprint density at radius 2 is 2.19 bits per heavy atom. The van der Waals surface area contributed by atoms with E-state index in [9.17, 15) is 0 Å². The average molecular weight is 214 g/mol. The molecule has 2 heterocycles. The van der Waals surface area contributed by atoms with E-state index in [0.717, 1.165) is 0 Å². The molecule has 2 aromatic rings. The number of nitrogens with zero attached hydrogens (tertiary/aromatic N) is 5. The smallest absolute Gasteiger partial charge is 0.182 e. The molecule has 0 spiro atoms. The second-order valence-electron chi connectivity index (χ2n) is 3.38. The van der Waals surface area contributed by atoms with E-state index in [-0.39, 0.29) is 5.82 Å². The van der Waals surface area contributed by atoms with E-state index in [1.807, 2.05) is 13.1 Å². The van der Waals surface area contributed by atoms with Crippen LogP contribution in [0.1, 0.15) is 11.3 Å². The lowest BCUT2D eigenvalue weighted by atomic mass is 10.2. The number of nitriles is 1. The van der Waals surface area contributed by atoms with Gasteiger partial charge in [0.25, 0.3) is 0 Å². The first kappa shape index (κ1) is 10.1. The largest absolute Gasteiger partial charge is 0.382 e. The van der Waals surface area contributed by atoms with Gasteiger partial charge in [0.05, 0.1) is 5.69 Å². The van der Waals surface area contributed by atoms with Gasteiger partial charge in [-0.1, -0.05) is 0 Å². The van der Waals surface area contributed by atoms with E-state index in [2.05, 4.69) is 15.1 Å². The zero-order valence-electron chi connectivity index (χ0n) is 8.97. The second-order valence-corrected chi connectivity index (χ2v) is 3.38. The van der Waals surface area contributed by atoms with Gasteiger partial charge in [-0.3, -0.25) is 4.68 Å². The predicted molar refractivity (Wildman–Crippen MR) is 58.1 cm³/mol. The molecule has 0 aliphatic heterocycles. The number of nitrogens with two attached hydrogens (primary N) is 1. The molecule has 0 aromatic carbocycles. The van der Waals surface area contributed by atoms with Crippen molar-refractivity contribution >= 4 is 5.82 Å². The third kappa shape index (κ3) is 1.59. The van der Waals surface area contributed by atoms with E-state index in [0.29, 0.717) is 22.8 Å². The van der Waals surface area contributed by atoms with Crippen molar-refractivity contribution in [2.45, 2.75) is 6.92 Å². The molecule has 0 bridgehead atoms. The fourth-order valence-electron chi connectivity index (χ4n) is 1.38. The normalized spacial score (nSPS) is 10.1. The van der Waals surface area contributed by atoms with Crippen LogP contribution >= 0.6 is 0 Å². The third-order valence-electron chi connectivity index (χ3n) is 2.17. The predicted octanol–water partition coefficient (Wildman–Crippen LogP) is 0.639. The first-order chi connectivity index (χ1) is 7.61. The van der Waals surface area contributed by atoms with Crippen LogP contribution in [0.15, 0.2) is 12.3 Å². The monoisotopic (exact) mass is 214 g/mol. The van der Waals surface area contributed by atoms with Gasteiger partial charge in [-0.05, 0) is 13.0 Å². The van der Waals surface area contributed by atoms with Crippen molar-refractivity contribution in [1.29, 1.82) is 5.26 Å². The van der Waals surface area contributed by atoms with Crippen molar-refractivity contribution in [2.24, 2.45) is 7.05 Å². The maximum absolute atomic E-state index is 8.84. The molecule has 0 saturated heterocycles. The average Bonchev–Trinajstić information content (AvgIpc) is 2.64. The summed E-state index contributed by atoms with van der Waals surface area (Å²) < 4.78 is 1.66. The van der Waals surface area contributed by atoms with Gasteiger partial charge in [-0.2, -0.15) is 10.4 Å². The van der Waals surface area contributed by atoms with Gasteiger partial charge in [-0.15, -0.1) is 0 Å². The highest BCUT2D eigenvalue weighted by Crippen LogP contribution is 2.17. The van der Waals surface area contributed by atoms with Gasteiger partial charge < -0.3 is 5.73 Å². The van der Waals surface area contributed by atoms with Crippen LogP contribution in [-0.4, -0.2) is 19.7 Å². The molecule has 2 aromatic heterocycles. The van der Waals surface area contributed by atoms with Crippen molar-refractivity contribution in [1.82, 2.24) is 19.7 Å². The number of hydrogen-bond acceptors (Lipinski definition) is 5. The first-order valence-electron chi connectivity index (χ1n) is 4.66. The summed E-state index contributed by atoms with van der Waals surface area (Å²) in [5, 5.41) is 13.0. The minimum absolute atomic E-state index is 0.190. The Morgan fingerprint density at radius 1 is 1.44 bits per heavy atom. The Morgan fingerprint density at radius 3 is 2.69 bits per heavy atom. The maximum Gasteiger partial charge on any atom is 0.182 e. The summed E-state index contributed by atoms with van der Waals surface area (Å²) in [5.74, 6) is 0.630. The summed E-state index contributed by atoms with van der Waals surface area (Å²) in [6.07, 6.45) is 1.79. The highest BCUT2D eigenvalue weighted by Gasteiger charge is 2.11. The van der Waals surface area contributed by atoms with Crippen molar-refractivity contribution in [3.8, 4) is 17.6 Å². The Balaban J connectivity index is 2.57. The number of anilines is 1. The van der Waals surface area contributed by atoms with E-state index >= 15 is 0 Å². The van der Waals surface area contributed by atoms with E-state index < -0.39 is 0 Å². The quantitative estimate of drug-likeness (QED) is 0.751. The molecule has 2 N–H and O–H groups in total. The molecule has 0 fully saturated rings. The molecule has 0 atom stereocenters. The lowest BCUT2D eigenvalue weighted by Gasteiger charge is -2.02. The van der Waals surface area contributed by atoms with Gasteiger partial charge in [0, 0.05) is 13.2 Å². The molecule has 0 aliphatic carbocycles. The molecule has 2 rings (SSSR count). The lowest BCUT2D eigenvalue weighted by Crippen LogP contribution is -2.03. The Bertz CT molecular complexity index is 554. The molecular weight excluding hydrogens is 204 g/mol. The van der Waals surface area contributed by atoms with Crippen molar-refractivity contribution in [2.75, 3.05) is 5.73 Å². The van der Waals surface area contributed by atoms with Crippen molar-refractivity contribution in [3.05, 3.63) is 23.5 Å². The zero-order chi connectivity index (χ0) is 11.7. The molecular formula is C10H10N6. The van der Waals surface area contributed by atoms with E-state index in [1.165, 1.54) is 0 Å². The second kappa shape index (κ2) is 3.62. The number of rotatable bonds is 1. The van der Waals surface area contributed by atoms with Crippen LogP contribution in [0.4, 0.5) is 5.82 Å².